The Balaban J connectivity index is 1.80. The highest BCUT2D eigenvalue weighted by Gasteiger charge is 2.28. The number of nitrogens with two attached hydrogens (primary N) is 1. The zero-order valence-corrected chi connectivity index (χ0v) is 12.8. The molecule has 2 N–H and O–H groups in total. The average Bonchev–Trinajstić information content (AvgIpc) is 2.49. The summed E-state index contributed by atoms with van der Waals surface area (Å²) in [6.45, 7) is 9.54. The second-order valence-corrected chi connectivity index (χ2v) is 6.38. The van der Waals surface area contributed by atoms with Crippen LogP contribution in [0.15, 0.2) is 0 Å². The summed E-state index contributed by atoms with van der Waals surface area (Å²) in [6.07, 6.45) is 9.76. The highest BCUT2D eigenvalue weighted by Crippen LogP contribution is 2.27. The van der Waals surface area contributed by atoms with Crippen molar-refractivity contribution in [2.75, 3.05) is 39.3 Å². The number of hydrogen-bond donors (Lipinski definition) is 1. The SMILES string of the molecule is CCN(CCN1CCCCC1)C1CCCCC1CN. The summed E-state index contributed by atoms with van der Waals surface area (Å²) in [4.78, 5) is 5.37. The third-order valence-electron chi connectivity index (χ3n) is 5.20. The normalized spacial score (nSPS) is 29.8. The molecule has 2 unspecified atom stereocenters. The molecule has 0 amide bonds. The first kappa shape index (κ1) is 15.3. The van der Waals surface area contributed by atoms with E-state index < -0.39 is 0 Å². The first-order valence-electron chi connectivity index (χ1n) is 8.51. The molecule has 0 aromatic heterocycles. The van der Waals surface area contributed by atoms with Crippen LogP contribution in [-0.2, 0) is 0 Å². The molecule has 2 rings (SSSR count). The minimum atomic E-state index is 0.745. The molecule has 1 aliphatic carbocycles. The van der Waals surface area contributed by atoms with Crippen LogP contribution in [0.2, 0.25) is 0 Å². The lowest BCUT2D eigenvalue weighted by molar-refractivity contribution is 0.0939. The minimum Gasteiger partial charge on any atom is -0.330 e. The van der Waals surface area contributed by atoms with Crippen LogP contribution >= 0.6 is 0 Å². The number of rotatable bonds is 6. The number of nitrogens with zero attached hydrogens (tertiary/aromatic N) is 2. The maximum absolute atomic E-state index is 5.99. The number of hydrogen-bond acceptors (Lipinski definition) is 3. The second kappa shape index (κ2) is 8.23. The van der Waals surface area contributed by atoms with Gasteiger partial charge in [-0.1, -0.05) is 26.2 Å². The second-order valence-electron chi connectivity index (χ2n) is 6.38. The van der Waals surface area contributed by atoms with E-state index in [2.05, 4.69) is 16.7 Å². The molecule has 112 valence electrons. The lowest BCUT2D eigenvalue weighted by atomic mass is 9.83. The molecular formula is C16H33N3. The Morgan fingerprint density at radius 3 is 2.47 bits per heavy atom. The largest absolute Gasteiger partial charge is 0.330 e. The number of piperidine rings is 1. The molecule has 1 aliphatic heterocycles. The standard InChI is InChI=1S/C16H33N3/c1-2-19(13-12-18-10-6-3-7-11-18)16-9-5-4-8-15(16)14-17/h15-16H,2-14,17H2,1H3. The van der Waals surface area contributed by atoms with Gasteiger partial charge in [0.15, 0.2) is 0 Å². The molecule has 19 heavy (non-hydrogen) atoms. The Labute approximate surface area is 119 Å². The topological polar surface area (TPSA) is 32.5 Å². The maximum atomic E-state index is 5.99. The fourth-order valence-corrected chi connectivity index (χ4v) is 3.96. The average molecular weight is 267 g/mol. The van der Waals surface area contributed by atoms with Gasteiger partial charge >= 0.3 is 0 Å². The van der Waals surface area contributed by atoms with Gasteiger partial charge in [0.2, 0.25) is 0 Å². The van der Waals surface area contributed by atoms with Crippen molar-refractivity contribution >= 4 is 0 Å². The summed E-state index contributed by atoms with van der Waals surface area (Å²) in [7, 11) is 0. The number of likely N-dealkylation sites (N-methyl/N-ethyl adjacent to an activating group) is 1. The van der Waals surface area contributed by atoms with E-state index in [0.29, 0.717) is 0 Å². The molecule has 0 spiro atoms. The molecule has 0 bridgehead atoms. The Bertz CT molecular complexity index is 238. The van der Waals surface area contributed by atoms with Gasteiger partial charge in [0.05, 0.1) is 0 Å². The fraction of sp³-hybridized carbons (Fsp3) is 1.00. The van der Waals surface area contributed by atoms with Crippen molar-refractivity contribution in [1.29, 1.82) is 0 Å². The Morgan fingerprint density at radius 1 is 1.05 bits per heavy atom. The van der Waals surface area contributed by atoms with Crippen LogP contribution in [0.1, 0.15) is 51.9 Å². The van der Waals surface area contributed by atoms with Crippen LogP contribution in [-0.4, -0.2) is 55.1 Å². The highest BCUT2D eigenvalue weighted by atomic mass is 15.2. The van der Waals surface area contributed by atoms with Gasteiger partial charge in [-0.05, 0) is 57.8 Å². The molecule has 3 heteroatoms. The molecule has 1 saturated heterocycles. The monoisotopic (exact) mass is 267 g/mol. The lowest BCUT2D eigenvalue weighted by Crippen LogP contribution is -2.48. The molecule has 2 fully saturated rings. The van der Waals surface area contributed by atoms with E-state index in [4.69, 9.17) is 5.73 Å². The van der Waals surface area contributed by atoms with E-state index in [1.807, 2.05) is 0 Å². The first-order chi connectivity index (χ1) is 9.35. The molecule has 0 aromatic carbocycles. The zero-order valence-electron chi connectivity index (χ0n) is 12.8. The van der Waals surface area contributed by atoms with Crippen LogP contribution in [0.3, 0.4) is 0 Å². The van der Waals surface area contributed by atoms with Gasteiger partial charge in [0.1, 0.15) is 0 Å². The predicted octanol–water partition coefficient (Wildman–Crippen LogP) is 2.31. The smallest absolute Gasteiger partial charge is 0.0136 e. The lowest BCUT2D eigenvalue weighted by Gasteiger charge is -2.40. The van der Waals surface area contributed by atoms with Gasteiger partial charge in [-0.15, -0.1) is 0 Å². The predicted molar refractivity (Wildman–Crippen MR) is 82.3 cm³/mol. The third kappa shape index (κ3) is 4.44. The molecule has 2 atom stereocenters. The van der Waals surface area contributed by atoms with Crippen LogP contribution < -0.4 is 5.73 Å². The fourth-order valence-electron chi connectivity index (χ4n) is 3.96. The van der Waals surface area contributed by atoms with Crippen LogP contribution in [0.5, 0.6) is 0 Å². The highest BCUT2D eigenvalue weighted by molar-refractivity contribution is 4.84. The van der Waals surface area contributed by atoms with Gasteiger partial charge in [-0.2, -0.15) is 0 Å². The first-order valence-corrected chi connectivity index (χ1v) is 8.51. The van der Waals surface area contributed by atoms with Crippen molar-refractivity contribution in [1.82, 2.24) is 9.80 Å². The molecule has 1 saturated carbocycles. The third-order valence-corrected chi connectivity index (χ3v) is 5.20. The van der Waals surface area contributed by atoms with E-state index in [0.717, 1.165) is 18.5 Å². The van der Waals surface area contributed by atoms with Crippen LogP contribution in [0, 0.1) is 5.92 Å². The van der Waals surface area contributed by atoms with Gasteiger partial charge < -0.3 is 10.6 Å². The van der Waals surface area contributed by atoms with Crippen molar-refractivity contribution in [2.45, 2.75) is 57.9 Å². The zero-order chi connectivity index (χ0) is 13.5. The van der Waals surface area contributed by atoms with Crippen molar-refractivity contribution < 1.29 is 0 Å². The summed E-state index contributed by atoms with van der Waals surface area (Å²) in [5, 5.41) is 0. The van der Waals surface area contributed by atoms with E-state index in [9.17, 15) is 0 Å². The molecule has 0 radical (unpaired) electrons. The summed E-state index contributed by atoms with van der Waals surface area (Å²) in [5.41, 5.74) is 5.99. The van der Waals surface area contributed by atoms with Crippen molar-refractivity contribution in [3.63, 3.8) is 0 Å². The summed E-state index contributed by atoms with van der Waals surface area (Å²) in [5.74, 6) is 0.745. The van der Waals surface area contributed by atoms with Crippen molar-refractivity contribution in [2.24, 2.45) is 11.7 Å². The van der Waals surface area contributed by atoms with E-state index in [1.165, 1.54) is 77.7 Å². The van der Waals surface area contributed by atoms with Gasteiger partial charge in [0.25, 0.3) is 0 Å². The van der Waals surface area contributed by atoms with E-state index in [1.54, 1.807) is 0 Å². The van der Waals surface area contributed by atoms with Crippen LogP contribution in [0.25, 0.3) is 0 Å². The van der Waals surface area contributed by atoms with E-state index in [-0.39, 0.29) is 0 Å². The Hall–Kier alpha value is -0.120. The molecule has 0 aromatic rings. The van der Waals surface area contributed by atoms with E-state index >= 15 is 0 Å². The molecule has 1 heterocycles. The van der Waals surface area contributed by atoms with Crippen LogP contribution in [0.4, 0.5) is 0 Å². The maximum Gasteiger partial charge on any atom is 0.0136 e. The quantitative estimate of drug-likeness (QED) is 0.801. The van der Waals surface area contributed by atoms with Crippen molar-refractivity contribution in [3.05, 3.63) is 0 Å². The van der Waals surface area contributed by atoms with Crippen molar-refractivity contribution in [3.8, 4) is 0 Å². The van der Waals surface area contributed by atoms with Gasteiger partial charge in [0, 0.05) is 19.1 Å². The number of likely N-dealkylation sites (tertiary alicyclic amines) is 1. The Morgan fingerprint density at radius 2 is 1.79 bits per heavy atom. The minimum absolute atomic E-state index is 0.745. The van der Waals surface area contributed by atoms with Gasteiger partial charge in [-0.25, -0.2) is 0 Å². The Kier molecular flexibility index (Phi) is 6.62. The molecule has 2 aliphatic rings. The summed E-state index contributed by atoms with van der Waals surface area (Å²) >= 11 is 0. The molecular weight excluding hydrogens is 234 g/mol. The molecule has 3 nitrogen and oxygen atoms in total. The van der Waals surface area contributed by atoms with Gasteiger partial charge in [-0.3, -0.25) is 4.90 Å². The summed E-state index contributed by atoms with van der Waals surface area (Å²) in [6, 6.07) is 0.758. The summed E-state index contributed by atoms with van der Waals surface area (Å²) < 4.78 is 0.